The van der Waals surface area contributed by atoms with Gasteiger partial charge in [0.1, 0.15) is 0 Å². The van der Waals surface area contributed by atoms with Gasteiger partial charge in [0.25, 0.3) is 0 Å². The average Bonchev–Trinajstić information content (AvgIpc) is 2.75. The molecule has 1 amide bonds. The lowest BCUT2D eigenvalue weighted by Gasteiger charge is -2.26. The van der Waals surface area contributed by atoms with Crippen LogP contribution in [-0.4, -0.2) is 31.1 Å². The molecule has 2 heterocycles. The molecule has 0 bridgehead atoms. The fourth-order valence-electron chi connectivity index (χ4n) is 2.00. The van der Waals surface area contributed by atoms with E-state index in [0.717, 1.165) is 22.1 Å². The molecule has 1 aromatic heterocycles. The van der Waals surface area contributed by atoms with Crippen molar-refractivity contribution in [2.45, 2.75) is 19.4 Å². The first-order chi connectivity index (χ1) is 8.16. The van der Waals surface area contributed by atoms with Gasteiger partial charge in [-0.05, 0) is 25.0 Å². The molecule has 1 fully saturated rings. The Morgan fingerprint density at radius 3 is 2.82 bits per heavy atom. The molecule has 0 aromatic carbocycles. The maximum atomic E-state index is 12.2. The standard InChI is InChI=1S/C12H16ClNO2S/c1-14(8-10-2-3-11(13)17-10)12(15)9-4-6-16-7-5-9/h2-3,9H,4-8H2,1H3. The minimum Gasteiger partial charge on any atom is -0.381 e. The molecule has 1 aliphatic heterocycles. The Hall–Kier alpha value is -0.580. The molecular weight excluding hydrogens is 258 g/mol. The number of carbonyl (C=O) groups excluding carboxylic acids is 1. The number of amides is 1. The van der Waals surface area contributed by atoms with E-state index in [2.05, 4.69) is 0 Å². The lowest BCUT2D eigenvalue weighted by Crippen LogP contribution is -2.35. The van der Waals surface area contributed by atoms with Gasteiger partial charge in [0.05, 0.1) is 10.9 Å². The van der Waals surface area contributed by atoms with Crippen LogP contribution in [0.4, 0.5) is 0 Å². The molecule has 1 aliphatic rings. The maximum absolute atomic E-state index is 12.2. The number of halogens is 1. The van der Waals surface area contributed by atoms with Gasteiger partial charge in [-0.3, -0.25) is 4.79 Å². The molecule has 0 radical (unpaired) electrons. The molecule has 1 aromatic rings. The number of hydrogen-bond acceptors (Lipinski definition) is 3. The van der Waals surface area contributed by atoms with E-state index in [0.29, 0.717) is 19.8 Å². The van der Waals surface area contributed by atoms with Crippen LogP contribution in [0.3, 0.4) is 0 Å². The van der Waals surface area contributed by atoms with Crippen LogP contribution < -0.4 is 0 Å². The molecule has 2 rings (SSSR count). The predicted molar refractivity (Wildman–Crippen MR) is 69.3 cm³/mol. The van der Waals surface area contributed by atoms with E-state index in [1.807, 2.05) is 19.2 Å². The van der Waals surface area contributed by atoms with E-state index in [1.165, 1.54) is 11.3 Å². The van der Waals surface area contributed by atoms with Gasteiger partial charge >= 0.3 is 0 Å². The third kappa shape index (κ3) is 3.44. The Balaban J connectivity index is 1.90. The zero-order chi connectivity index (χ0) is 12.3. The lowest BCUT2D eigenvalue weighted by atomic mass is 9.99. The smallest absolute Gasteiger partial charge is 0.225 e. The average molecular weight is 274 g/mol. The van der Waals surface area contributed by atoms with E-state index in [-0.39, 0.29) is 11.8 Å². The molecule has 0 spiro atoms. The Bertz CT molecular complexity index is 388. The van der Waals surface area contributed by atoms with Gasteiger partial charge in [-0.25, -0.2) is 0 Å². The molecule has 17 heavy (non-hydrogen) atoms. The second-order valence-electron chi connectivity index (χ2n) is 4.29. The van der Waals surface area contributed by atoms with Crippen molar-refractivity contribution < 1.29 is 9.53 Å². The molecule has 0 aliphatic carbocycles. The van der Waals surface area contributed by atoms with Crippen LogP contribution in [0, 0.1) is 5.92 Å². The highest BCUT2D eigenvalue weighted by Crippen LogP contribution is 2.24. The van der Waals surface area contributed by atoms with Crippen molar-refractivity contribution >= 4 is 28.8 Å². The van der Waals surface area contributed by atoms with Crippen molar-refractivity contribution in [3.8, 4) is 0 Å². The normalized spacial score (nSPS) is 17.1. The summed E-state index contributed by atoms with van der Waals surface area (Å²) in [6, 6.07) is 3.84. The molecule has 94 valence electrons. The van der Waals surface area contributed by atoms with Gasteiger partial charge in [0.2, 0.25) is 5.91 Å². The van der Waals surface area contributed by atoms with Gasteiger partial charge < -0.3 is 9.64 Å². The quantitative estimate of drug-likeness (QED) is 0.848. The Kier molecular flexibility index (Phi) is 4.42. The minimum atomic E-state index is 0.129. The first kappa shape index (κ1) is 12.9. The highest BCUT2D eigenvalue weighted by atomic mass is 35.5. The van der Waals surface area contributed by atoms with Crippen LogP contribution in [-0.2, 0) is 16.1 Å². The first-order valence-electron chi connectivity index (χ1n) is 5.74. The number of thiophene rings is 1. The van der Waals surface area contributed by atoms with Gasteiger partial charge in [-0.15, -0.1) is 11.3 Å². The summed E-state index contributed by atoms with van der Waals surface area (Å²) in [6.07, 6.45) is 1.68. The van der Waals surface area contributed by atoms with Crippen molar-refractivity contribution in [1.82, 2.24) is 4.90 Å². The van der Waals surface area contributed by atoms with E-state index >= 15 is 0 Å². The highest BCUT2D eigenvalue weighted by molar-refractivity contribution is 7.16. The second-order valence-corrected chi connectivity index (χ2v) is 6.09. The maximum Gasteiger partial charge on any atom is 0.225 e. The summed E-state index contributed by atoms with van der Waals surface area (Å²) < 4.78 is 6.04. The summed E-state index contributed by atoms with van der Waals surface area (Å²) in [4.78, 5) is 15.1. The molecule has 3 nitrogen and oxygen atoms in total. The highest BCUT2D eigenvalue weighted by Gasteiger charge is 2.24. The monoisotopic (exact) mass is 273 g/mol. The van der Waals surface area contributed by atoms with Crippen LogP contribution in [0.5, 0.6) is 0 Å². The van der Waals surface area contributed by atoms with Crippen molar-refractivity contribution in [2.24, 2.45) is 5.92 Å². The van der Waals surface area contributed by atoms with Crippen LogP contribution in [0.1, 0.15) is 17.7 Å². The molecule has 0 unspecified atom stereocenters. The number of nitrogens with zero attached hydrogens (tertiary/aromatic N) is 1. The van der Waals surface area contributed by atoms with Crippen LogP contribution >= 0.6 is 22.9 Å². The number of rotatable bonds is 3. The lowest BCUT2D eigenvalue weighted by molar-refractivity contribution is -0.137. The molecule has 0 saturated carbocycles. The molecular formula is C12H16ClNO2S. The van der Waals surface area contributed by atoms with E-state index < -0.39 is 0 Å². The van der Waals surface area contributed by atoms with Crippen molar-refractivity contribution in [1.29, 1.82) is 0 Å². The summed E-state index contributed by atoms with van der Waals surface area (Å²) >= 11 is 7.40. The topological polar surface area (TPSA) is 29.5 Å². The Labute approximate surface area is 110 Å². The summed E-state index contributed by atoms with van der Waals surface area (Å²) in [7, 11) is 1.85. The van der Waals surface area contributed by atoms with Gasteiger partial charge in [0.15, 0.2) is 0 Å². The molecule has 0 N–H and O–H groups in total. The van der Waals surface area contributed by atoms with Gasteiger partial charge in [-0.2, -0.15) is 0 Å². The number of carbonyl (C=O) groups is 1. The van der Waals surface area contributed by atoms with E-state index in [4.69, 9.17) is 16.3 Å². The van der Waals surface area contributed by atoms with Gasteiger partial charge in [0, 0.05) is 31.1 Å². The SMILES string of the molecule is CN(Cc1ccc(Cl)s1)C(=O)C1CCOCC1. The van der Waals surface area contributed by atoms with Crippen molar-refractivity contribution in [3.05, 3.63) is 21.3 Å². The Morgan fingerprint density at radius 1 is 1.53 bits per heavy atom. The third-order valence-electron chi connectivity index (χ3n) is 2.97. The van der Waals surface area contributed by atoms with Crippen LogP contribution in [0.2, 0.25) is 4.34 Å². The molecule has 5 heteroatoms. The summed E-state index contributed by atoms with van der Waals surface area (Å²) in [5, 5.41) is 0. The van der Waals surface area contributed by atoms with E-state index in [9.17, 15) is 4.79 Å². The van der Waals surface area contributed by atoms with Crippen molar-refractivity contribution in [2.75, 3.05) is 20.3 Å². The first-order valence-corrected chi connectivity index (χ1v) is 6.93. The minimum absolute atomic E-state index is 0.129. The summed E-state index contributed by atoms with van der Waals surface area (Å²) in [5.74, 6) is 0.349. The fraction of sp³-hybridized carbons (Fsp3) is 0.583. The summed E-state index contributed by atoms with van der Waals surface area (Å²) in [5.41, 5.74) is 0. The molecule has 0 atom stereocenters. The second kappa shape index (κ2) is 5.85. The number of ether oxygens (including phenoxy) is 1. The van der Waals surface area contributed by atoms with Crippen molar-refractivity contribution in [3.63, 3.8) is 0 Å². The fourth-order valence-corrected chi connectivity index (χ4v) is 3.15. The predicted octanol–water partition coefficient (Wildman–Crippen LogP) is 2.79. The zero-order valence-electron chi connectivity index (χ0n) is 9.82. The summed E-state index contributed by atoms with van der Waals surface area (Å²) in [6.45, 7) is 2.05. The largest absolute Gasteiger partial charge is 0.381 e. The van der Waals surface area contributed by atoms with Gasteiger partial charge in [-0.1, -0.05) is 11.6 Å². The third-order valence-corrected chi connectivity index (χ3v) is 4.18. The van der Waals surface area contributed by atoms with E-state index in [1.54, 1.807) is 4.90 Å². The molecule has 1 saturated heterocycles. The Morgan fingerprint density at radius 2 is 2.24 bits per heavy atom. The number of hydrogen-bond donors (Lipinski definition) is 0. The van der Waals surface area contributed by atoms with Crippen LogP contribution in [0.15, 0.2) is 12.1 Å². The zero-order valence-corrected chi connectivity index (χ0v) is 11.4. The van der Waals surface area contributed by atoms with Crippen LogP contribution in [0.25, 0.3) is 0 Å².